The van der Waals surface area contributed by atoms with Crippen molar-refractivity contribution in [3.8, 4) is 0 Å². The Balaban J connectivity index is 1.53. The van der Waals surface area contributed by atoms with Crippen LogP contribution in [0.5, 0.6) is 0 Å². The molecule has 0 aliphatic carbocycles. The monoisotopic (exact) mass is 406 g/mol. The van der Waals surface area contributed by atoms with Crippen molar-refractivity contribution in [3.05, 3.63) is 59.4 Å². The molecule has 3 amide bonds. The van der Waals surface area contributed by atoms with Gasteiger partial charge in [0.15, 0.2) is 0 Å². The van der Waals surface area contributed by atoms with E-state index < -0.39 is 0 Å². The lowest BCUT2D eigenvalue weighted by Crippen LogP contribution is -2.42. The number of likely N-dealkylation sites (tertiary alicyclic amines) is 2. The molecule has 0 unspecified atom stereocenters. The Kier molecular flexibility index (Phi) is 6.02. The number of anilines is 1. The Morgan fingerprint density at radius 3 is 2.40 bits per heavy atom. The van der Waals surface area contributed by atoms with Crippen molar-refractivity contribution in [2.45, 2.75) is 39.0 Å². The number of nitrogens with zero attached hydrogens (tertiary/aromatic N) is 3. The zero-order valence-electron chi connectivity index (χ0n) is 17.8. The van der Waals surface area contributed by atoms with E-state index in [2.05, 4.69) is 16.4 Å². The topological polar surface area (TPSA) is 65.5 Å². The highest BCUT2D eigenvalue weighted by atomic mass is 16.2. The summed E-state index contributed by atoms with van der Waals surface area (Å²) in [6.45, 7) is 6.64. The molecule has 6 heteroatoms. The van der Waals surface area contributed by atoms with E-state index in [0.717, 1.165) is 48.3 Å². The molecule has 1 N–H and O–H groups in total. The molecule has 6 nitrogen and oxygen atoms in total. The van der Waals surface area contributed by atoms with Crippen LogP contribution in [0.2, 0.25) is 0 Å². The molecule has 1 aromatic heterocycles. The fraction of sp³-hybridized carbons (Fsp3) is 0.458. The zero-order valence-corrected chi connectivity index (χ0v) is 17.8. The van der Waals surface area contributed by atoms with Gasteiger partial charge in [-0.15, -0.1) is 0 Å². The molecule has 0 spiro atoms. The Morgan fingerprint density at radius 2 is 1.73 bits per heavy atom. The molecule has 2 saturated heterocycles. The van der Waals surface area contributed by atoms with Gasteiger partial charge in [0, 0.05) is 50.2 Å². The summed E-state index contributed by atoms with van der Waals surface area (Å²) in [6, 6.07) is 9.78. The molecule has 158 valence electrons. The van der Waals surface area contributed by atoms with Gasteiger partial charge in [-0.05, 0) is 68.0 Å². The Bertz CT molecular complexity index is 888. The molecule has 0 bridgehead atoms. The summed E-state index contributed by atoms with van der Waals surface area (Å²) in [7, 11) is 0. The molecule has 2 atom stereocenters. The summed E-state index contributed by atoms with van der Waals surface area (Å²) in [6.07, 6.45) is 6.88. The number of carbonyl (C=O) groups excluding carboxylic acids is 2. The standard InChI is InChI=1S/C24H30N4O2/c1-17-11-18(2)13-20(12-17)26-24(30)28-15-21(19-7-6-8-25-14-19)22(16-28)23(29)27-9-4-3-5-10-27/h6-8,11-14,21-22H,3-5,9-10,15-16H2,1-2H3,(H,26,30)/t21-,22+/m0/s1. The van der Waals surface area contributed by atoms with Crippen LogP contribution in [0.15, 0.2) is 42.7 Å². The number of hydrogen-bond acceptors (Lipinski definition) is 3. The minimum Gasteiger partial charge on any atom is -0.342 e. The molecule has 0 radical (unpaired) electrons. The zero-order chi connectivity index (χ0) is 21.1. The molecule has 2 aromatic rings. The maximum absolute atomic E-state index is 13.3. The van der Waals surface area contributed by atoms with Crippen molar-refractivity contribution < 1.29 is 9.59 Å². The number of aromatic nitrogens is 1. The summed E-state index contributed by atoms with van der Waals surface area (Å²) in [5.41, 5.74) is 4.03. The van der Waals surface area contributed by atoms with Crippen LogP contribution in [0.25, 0.3) is 0 Å². The largest absolute Gasteiger partial charge is 0.342 e. The van der Waals surface area contributed by atoms with E-state index in [1.54, 1.807) is 11.1 Å². The Morgan fingerprint density at radius 1 is 1.00 bits per heavy atom. The van der Waals surface area contributed by atoms with Gasteiger partial charge in [-0.3, -0.25) is 9.78 Å². The SMILES string of the molecule is Cc1cc(C)cc(NC(=O)N2C[C@@H](C(=O)N3CCCCC3)[C@H](c3cccnc3)C2)c1. The van der Waals surface area contributed by atoms with Crippen LogP contribution in [0.1, 0.15) is 41.9 Å². The number of pyridine rings is 1. The summed E-state index contributed by atoms with van der Waals surface area (Å²) in [4.78, 5) is 34.4. The number of hydrogen-bond donors (Lipinski definition) is 1. The van der Waals surface area contributed by atoms with Gasteiger partial charge < -0.3 is 15.1 Å². The van der Waals surface area contributed by atoms with Crippen molar-refractivity contribution in [2.24, 2.45) is 5.92 Å². The molecule has 2 fully saturated rings. The average molecular weight is 407 g/mol. The van der Waals surface area contributed by atoms with Crippen LogP contribution in [0, 0.1) is 19.8 Å². The van der Waals surface area contributed by atoms with E-state index in [1.165, 1.54) is 6.42 Å². The van der Waals surface area contributed by atoms with Crippen LogP contribution >= 0.6 is 0 Å². The summed E-state index contributed by atoms with van der Waals surface area (Å²) in [5.74, 6) is -0.0827. The second-order valence-electron chi connectivity index (χ2n) is 8.60. The van der Waals surface area contributed by atoms with Gasteiger partial charge in [0.1, 0.15) is 0 Å². The maximum Gasteiger partial charge on any atom is 0.321 e. The quantitative estimate of drug-likeness (QED) is 0.839. The molecular formula is C24H30N4O2. The minimum absolute atomic E-state index is 0.0295. The van der Waals surface area contributed by atoms with Gasteiger partial charge in [0.2, 0.25) is 5.91 Å². The number of rotatable bonds is 3. The first kappa shape index (κ1) is 20.4. The third-order valence-corrected chi connectivity index (χ3v) is 6.18. The normalized spacial score (nSPS) is 21.5. The first-order chi connectivity index (χ1) is 14.5. The summed E-state index contributed by atoms with van der Waals surface area (Å²) >= 11 is 0. The van der Waals surface area contributed by atoms with Crippen LogP contribution < -0.4 is 5.32 Å². The number of piperidine rings is 1. The lowest BCUT2D eigenvalue weighted by Gasteiger charge is -2.30. The second-order valence-corrected chi connectivity index (χ2v) is 8.60. The first-order valence-corrected chi connectivity index (χ1v) is 10.8. The van der Waals surface area contributed by atoms with Crippen molar-refractivity contribution in [1.29, 1.82) is 0 Å². The fourth-order valence-electron chi connectivity index (χ4n) is 4.75. The summed E-state index contributed by atoms with van der Waals surface area (Å²) in [5, 5.41) is 3.02. The van der Waals surface area contributed by atoms with E-state index in [-0.39, 0.29) is 23.8 Å². The maximum atomic E-state index is 13.3. The van der Waals surface area contributed by atoms with Crippen molar-refractivity contribution in [2.75, 3.05) is 31.5 Å². The highest BCUT2D eigenvalue weighted by Crippen LogP contribution is 2.34. The lowest BCUT2D eigenvalue weighted by atomic mass is 9.88. The highest BCUT2D eigenvalue weighted by molar-refractivity contribution is 5.91. The van der Waals surface area contributed by atoms with Crippen LogP contribution in [0.4, 0.5) is 10.5 Å². The van der Waals surface area contributed by atoms with Crippen LogP contribution in [-0.4, -0.2) is 52.9 Å². The molecule has 30 heavy (non-hydrogen) atoms. The minimum atomic E-state index is -0.225. The highest BCUT2D eigenvalue weighted by Gasteiger charge is 2.42. The average Bonchev–Trinajstić information content (AvgIpc) is 3.19. The Labute approximate surface area is 178 Å². The number of amides is 3. The van der Waals surface area contributed by atoms with Crippen LogP contribution in [-0.2, 0) is 4.79 Å². The third kappa shape index (κ3) is 4.48. The van der Waals surface area contributed by atoms with Crippen molar-refractivity contribution in [1.82, 2.24) is 14.8 Å². The Hall–Kier alpha value is -2.89. The smallest absolute Gasteiger partial charge is 0.321 e. The molecule has 2 aliphatic heterocycles. The third-order valence-electron chi connectivity index (χ3n) is 6.18. The van der Waals surface area contributed by atoms with Gasteiger partial charge >= 0.3 is 6.03 Å². The number of nitrogens with one attached hydrogen (secondary N) is 1. The molecule has 4 rings (SSSR count). The molecule has 0 saturated carbocycles. The van der Waals surface area contributed by atoms with Gasteiger partial charge in [-0.2, -0.15) is 0 Å². The van der Waals surface area contributed by atoms with E-state index in [9.17, 15) is 9.59 Å². The predicted octanol–water partition coefficient (Wildman–Crippen LogP) is 3.96. The molecular weight excluding hydrogens is 376 g/mol. The van der Waals surface area contributed by atoms with Gasteiger partial charge in [0.05, 0.1) is 5.92 Å². The molecule has 2 aliphatic rings. The number of urea groups is 1. The van der Waals surface area contributed by atoms with Crippen molar-refractivity contribution >= 4 is 17.6 Å². The predicted molar refractivity (Wildman–Crippen MR) is 117 cm³/mol. The van der Waals surface area contributed by atoms with Crippen molar-refractivity contribution in [3.63, 3.8) is 0 Å². The molecule has 1 aromatic carbocycles. The van der Waals surface area contributed by atoms with E-state index in [4.69, 9.17) is 0 Å². The molecule has 3 heterocycles. The lowest BCUT2D eigenvalue weighted by molar-refractivity contribution is -0.136. The second kappa shape index (κ2) is 8.86. The number of carbonyl (C=O) groups is 2. The van der Waals surface area contributed by atoms with E-state index in [1.807, 2.05) is 49.2 Å². The van der Waals surface area contributed by atoms with Crippen LogP contribution in [0.3, 0.4) is 0 Å². The number of benzene rings is 1. The first-order valence-electron chi connectivity index (χ1n) is 10.8. The van der Waals surface area contributed by atoms with E-state index in [0.29, 0.717) is 13.1 Å². The number of aryl methyl sites for hydroxylation is 2. The fourth-order valence-corrected chi connectivity index (χ4v) is 4.75. The van der Waals surface area contributed by atoms with Gasteiger partial charge in [0.25, 0.3) is 0 Å². The summed E-state index contributed by atoms with van der Waals surface area (Å²) < 4.78 is 0. The van der Waals surface area contributed by atoms with Gasteiger partial charge in [-0.1, -0.05) is 12.1 Å². The van der Waals surface area contributed by atoms with Gasteiger partial charge in [-0.25, -0.2) is 4.79 Å². The van der Waals surface area contributed by atoms with E-state index >= 15 is 0 Å².